The largest absolute Gasteiger partial charge is 0.396 e. The molecule has 1 aromatic carbocycles. The van der Waals surface area contributed by atoms with E-state index in [0.29, 0.717) is 30.3 Å². The van der Waals surface area contributed by atoms with Gasteiger partial charge in [0.15, 0.2) is 0 Å². The number of hydrogen-bond acceptors (Lipinski definition) is 6. The van der Waals surface area contributed by atoms with Gasteiger partial charge in [-0.25, -0.2) is 14.4 Å². The molecule has 0 aliphatic carbocycles. The van der Waals surface area contributed by atoms with Crippen LogP contribution in [0.5, 0.6) is 0 Å². The lowest BCUT2D eigenvalue weighted by atomic mass is 9.99. The van der Waals surface area contributed by atoms with E-state index in [0.717, 1.165) is 37.6 Å². The highest BCUT2D eigenvalue weighted by Gasteiger charge is 2.27. The fourth-order valence-corrected chi connectivity index (χ4v) is 4.44. The van der Waals surface area contributed by atoms with E-state index in [2.05, 4.69) is 19.8 Å². The normalized spacial score (nSPS) is 22.8. The molecule has 4 rings (SSSR count). The average molecular weight is 441 g/mol. The summed E-state index contributed by atoms with van der Waals surface area (Å²) in [6.45, 7) is 3.53. The van der Waals surface area contributed by atoms with Gasteiger partial charge in [0.25, 0.3) is 0 Å². The molecule has 1 N–H and O–H groups in total. The van der Waals surface area contributed by atoms with Crippen molar-refractivity contribution < 1.29 is 14.2 Å². The van der Waals surface area contributed by atoms with E-state index in [9.17, 15) is 9.50 Å². The number of morpholine rings is 1. The van der Waals surface area contributed by atoms with Gasteiger partial charge in [0.05, 0.1) is 11.6 Å². The van der Waals surface area contributed by atoms with Crippen LogP contribution in [-0.2, 0) is 4.74 Å². The fraction of sp³-hybridized carbons (Fsp3) is 0.500. The van der Waals surface area contributed by atoms with Gasteiger partial charge in [-0.15, -0.1) is 0 Å². The van der Waals surface area contributed by atoms with Crippen LogP contribution in [0, 0.1) is 11.7 Å². The van der Waals surface area contributed by atoms with Gasteiger partial charge in [0, 0.05) is 49.4 Å². The summed E-state index contributed by atoms with van der Waals surface area (Å²) in [6, 6.07) is 4.71. The molecule has 2 aromatic rings. The number of benzene rings is 1. The van der Waals surface area contributed by atoms with E-state index in [1.54, 1.807) is 6.33 Å². The first kappa shape index (κ1) is 20.6. The minimum atomic E-state index is -0.514. The number of aromatic nitrogens is 2. The molecular formula is C20H23Cl2FN4O2. The first-order chi connectivity index (χ1) is 14.0. The third kappa shape index (κ3) is 4.58. The maximum atomic E-state index is 14.0. The zero-order valence-corrected chi connectivity index (χ0v) is 17.4. The van der Waals surface area contributed by atoms with Crippen LogP contribution in [0.3, 0.4) is 0 Å². The zero-order chi connectivity index (χ0) is 20.4. The molecule has 29 heavy (non-hydrogen) atoms. The summed E-state index contributed by atoms with van der Waals surface area (Å²) in [7, 11) is 0. The summed E-state index contributed by atoms with van der Waals surface area (Å²) in [5.74, 6) is 1.41. The Hall–Kier alpha value is -1.67. The predicted octanol–water partition coefficient (Wildman–Crippen LogP) is 3.71. The molecule has 0 saturated carbocycles. The molecule has 0 bridgehead atoms. The average Bonchev–Trinajstić information content (AvgIpc) is 2.76. The second-order valence-electron chi connectivity index (χ2n) is 7.46. The molecule has 9 heteroatoms. The SMILES string of the molecule is OCC1CCCN(c2cc(N3CCOC(c4cc(F)c(Cl)cc4Cl)C3)ncn2)C1. The van der Waals surface area contributed by atoms with Crippen LogP contribution in [0.15, 0.2) is 24.5 Å². The van der Waals surface area contributed by atoms with Gasteiger partial charge in [-0.3, -0.25) is 0 Å². The first-order valence-corrected chi connectivity index (χ1v) is 10.5. The number of piperidine rings is 1. The van der Waals surface area contributed by atoms with E-state index in [1.165, 1.54) is 12.1 Å². The summed E-state index contributed by atoms with van der Waals surface area (Å²) < 4.78 is 19.8. The Kier molecular flexibility index (Phi) is 6.39. The van der Waals surface area contributed by atoms with Crippen molar-refractivity contribution in [3.8, 4) is 0 Å². The molecule has 0 radical (unpaired) electrons. The Morgan fingerprint density at radius 3 is 2.59 bits per heavy atom. The van der Waals surface area contributed by atoms with E-state index < -0.39 is 5.82 Å². The molecule has 3 heterocycles. The standard InChI is InChI=1S/C20H23Cl2FN4O2/c21-15-7-16(22)17(23)6-14(15)18-10-27(4-5-29-18)20-8-19(24-12-25-20)26-3-1-2-13(9-26)11-28/h6-8,12-13,18,28H,1-5,9-11H2. The van der Waals surface area contributed by atoms with Crippen LogP contribution in [0.2, 0.25) is 10.0 Å². The quantitative estimate of drug-likeness (QED) is 0.731. The molecule has 2 saturated heterocycles. The molecule has 2 aliphatic heterocycles. The van der Waals surface area contributed by atoms with Crippen LogP contribution < -0.4 is 9.80 Å². The Morgan fingerprint density at radius 1 is 1.07 bits per heavy atom. The summed E-state index contributed by atoms with van der Waals surface area (Å²) >= 11 is 12.1. The van der Waals surface area contributed by atoms with Crippen molar-refractivity contribution in [1.82, 2.24) is 9.97 Å². The molecule has 2 aliphatic rings. The molecule has 0 amide bonds. The molecule has 1 aromatic heterocycles. The van der Waals surface area contributed by atoms with Crippen LogP contribution in [-0.4, -0.2) is 54.5 Å². The third-order valence-electron chi connectivity index (χ3n) is 5.52. The predicted molar refractivity (Wildman–Crippen MR) is 111 cm³/mol. The Morgan fingerprint density at radius 2 is 1.83 bits per heavy atom. The lowest BCUT2D eigenvalue weighted by Gasteiger charge is -2.36. The number of ether oxygens (including phenoxy) is 1. The highest BCUT2D eigenvalue weighted by atomic mass is 35.5. The number of halogens is 3. The Bertz CT molecular complexity index is 872. The molecule has 156 valence electrons. The zero-order valence-electron chi connectivity index (χ0n) is 15.9. The van der Waals surface area contributed by atoms with E-state index >= 15 is 0 Å². The molecular weight excluding hydrogens is 418 g/mol. The monoisotopic (exact) mass is 440 g/mol. The second-order valence-corrected chi connectivity index (χ2v) is 8.28. The van der Waals surface area contributed by atoms with E-state index in [4.69, 9.17) is 27.9 Å². The Balaban J connectivity index is 1.52. The highest BCUT2D eigenvalue weighted by molar-refractivity contribution is 6.35. The van der Waals surface area contributed by atoms with Crippen LogP contribution >= 0.6 is 23.2 Å². The van der Waals surface area contributed by atoms with Crippen molar-refractivity contribution in [2.24, 2.45) is 5.92 Å². The smallest absolute Gasteiger partial charge is 0.142 e. The minimum absolute atomic E-state index is 0.00503. The van der Waals surface area contributed by atoms with E-state index in [-0.39, 0.29) is 23.7 Å². The molecule has 0 spiro atoms. The van der Waals surface area contributed by atoms with Crippen LogP contribution in [0.4, 0.5) is 16.0 Å². The maximum absolute atomic E-state index is 14.0. The van der Waals surface area contributed by atoms with Gasteiger partial charge < -0.3 is 19.6 Å². The lowest BCUT2D eigenvalue weighted by Crippen LogP contribution is -2.40. The number of anilines is 2. The van der Waals surface area contributed by atoms with Crippen molar-refractivity contribution >= 4 is 34.8 Å². The lowest BCUT2D eigenvalue weighted by molar-refractivity contribution is 0.0394. The number of hydrogen-bond donors (Lipinski definition) is 1. The summed E-state index contributed by atoms with van der Waals surface area (Å²) in [5, 5.41) is 9.86. The summed E-state index contributed by atoms with van der Waals surface area (Å²) in [5.41, 5.74) is 0.578. The Labute approximate surface area is 179 Å². The van der Waals surface area contributed by atoms with Gasteiger partial charge in [0.2, 0.25) is 0 Å². The van der Waals surface area contributed by atoms with Crippen molar-refractivity contribution in [1.29, 1.82) is 0 Å². The maximum Gasteiger partial charge on any atom is 0.142 e. The van der Waals surface area contributed by atoms with Crippen molar-refractivity contribution in [2.45, 2.75) is 18.9 Å². The molecule has 2 fully saturated rings. The topological polar surface area (TPSA) is 61.7 Å². The summed E-state index contributed by atoms with van der Waals surface area (Å²) in [6.07, 6.45) is 3.25. The van der Waals surface area contributed by atoms with Crippen molar-refractivity contribution in [3.05, 3.63) is 46.0 Å². The summed E-state index contributed by atoms with van der Waals surface area (Å²) in [4.78, 5) is 13.1. The number of aliphatic hydroxyl groups excluding tert-OH is 1. The molecule has 2 atom stereocenters. The second kappa shape index (κ2) is 9.00. The molecule has 6 nitrogen and oxygen atoms in total. The fourth-order valence-electron chi connectivity index (χ4n) is 3.94. The molecule has 2 unspecified atom stereocenters. The number of nitrogens with zero attached hydrogens (tertiary/aromatic N) is 4. The highest BCUT2D eigenvalue weighted by Crippen LogP contribution is 2.33. The first-order valence-electron chi connectivity index (χ1n) is 9.74. The minimum Gasteiger partial charge on any atom is -0.396 e. The van der Waals surface area contributed by atoms with Gasteiger partial charge in [0.1, 0.15) is 29.9 Å². The van der Waals surface area contributed by atoms with Crippen molar-refractivity contribution in [3.63, 3.8) is 0 Å². The van der Waals surface area contributed by atoms with Crippen LogP contribution in [0.25, 0.3) is 0 Å². The van der Waals surface area contributed by atoms with Gasteiger partial charge >= 0.3 is 0 Å². The van der Waals surface area contributed by atoms with Gasteiger partial charge in [-0.2, -0.15) is 0 Å². The number of aliphatic hydroxyl groups is 1. The van der Waals surface area contributed by atoms with Crippen LogP contribution in [0.1, 0.15) is 24.5 Å². The van der Waals surface area contributed by atoms with Gasteiger partial charge in [-0.1, -0.05) is 23.2 Å². The van der Waals surface area contributed by atoms with E-state index in [1.807, 2.05) is 6.07 Å². The number of rotatable bonds is 4. The van der Waals surface area contributed by atoms with Crippen molar-refractivity contribution in [2.75, 3.05) is 49.2 Å². The van der Waals surface area contributed by atoms with Gasteiger partial charge in [-0.05, 0) is 30.9 Å². The third-order valence-corrected chi connectivity index (χ3v) is 6.13.